The molecule has 3 rings (SSSR count). The van der Waals surface area contributed by atoms with Gasteiger partial charge in [0.2, 0.25) is 5.91 Å². The second-order valence-corrected chi connectivity index (χ2v) is 8.13. The van der Waals surface area contributed by atoms with E-state index in [9.17, 15) is 4.79 Å². The van der Waals surface area contributed by atoms with Gasteiger partial charge >= 0.3 is 0 Å². The quantitative estimate of drug-likeness (QED) is 0.590. The van der Waals surface area contributed by atoms with Crippen LogP contribution < -0.4 is 0 Å². The zero-order chi connectivity index (χ0) is 17.7. The first-order chi connectivity index (χ1) is 12.2. The molecule has 2 aliphatic carbocycles. The second-order valence-electron chi connectivity index (χ2n) is 8.13. The molecule has 5 heteroatoms. The summed E-state index contributed by atoms with van der Waals surface area (Å²) in [6.07, 6.45) is 12.3. The fraction of sp³-hybridized carbons (Fsp3) is 0.900. The Morgan fingerprint density at radius 1 is 1.12 bits per heavy atom. The van der Waals surface area contributed by atoms with Crippen molar-refractivity contribution in [1.29, 1.82) is 5.41 Å². The molecule has 1 saturated heterocycles. The maximum atomic E-state index is 12.8. The summed E-state index contributed by atoms with van der Waals surface area (Å²) in [6, 6.07) is 0.350. The number of likely N-dealkylation sites (tertiary alicyclic amines) is 1. The lowest BCUT2D eigenvalue weighted by molar-refractivity contribution is -0.131. The first-order valence-corrected chi connectivity index (χ1v) is 10.4. The summed E-state index contributed by atoms with van der Waals surface area (Å²) in [4.78, 5) is 17.0. The standard InChI is InChI=1S/C20H35N3O2/c1-2-25-16-18(21)23(15-19(24)22-13-7-8-14-22)17-9-3-4-10-20(17)11-5-6-12-20/h17,21H,2-16H2,1H3/t17-/m0/s1. The summed E-state index contributed by atoms with van der Waals surface area (Å²) >= 11 is 0. The Bertz CT molecular complexity index is 468. The highest BCUT2D eigenvalue weighted by Gasteiger charge is 2.46. The number of carbonyl (C=O) groups is 1. The van der Waals surface area contributed by atoms with Crippen molar-refractivity contribution in [2.45, 2.75) is 77.2 Å². The van der Waals surface area contributed by atoms with Gasteiger partial charge in [-0.05, 0) is 50.9 Å². The summed E-state index contributed by atoms with van der Waals surface area (Å²) in [5, 5.41) is 8.63. The summed E-state index contributed by atoms with van der Waals surface area (Å²) < 4.78 is 5.53. The topological polar surface area (TPSA) is 56.6 Å². The minimum atomic E-state index is 0.206. The van der Waals surface area contributed by atoms with Crippen molar-refractivity contribution in [2.75, 3.05) is 32.8 Å². The van der Waals surface area contributed by atoms with Crippen LogP contribution in [0.4, 0.5) is 0 Å². The number of ether oxygens (including phenoxy) is 1. The van der Waals surface area contributed by atoms with Crippen LogP contribution in [0, 0.1) is 10.8 Å². The summed E-state index contributed by atoms with van der Waals surface area (Å²) in [6.45, 7) is 5.06. The molecule has 1 amide bonds. The molecule has 0 aromatic rings. The van der Waals surface area contributed by atoms with Crippen LogP contribution in [0.5, 0.6) is 0 Å². The molecule has 3 aliphatic rings. The third-order valence-corrected chi connectivity index (χ3v) is 6.64. The zero-order valence-electron chi connectivity index (χ0n) is 15.9. The van der Waals surface area contributed by atoms with E-state index in [1.807, 2.05) is 11.8 Å². The van der Waals surface area contributed by atoms with Crippen molar-refractivity contribution < 1.29 is 9.53 Å². The number of nitrogens with zero attached hydrogens (tertiary/aromatic N) is 2. The highest BCUT2D eigenvalue weighted by Crippen LogP contribution is 2.51. The van der Waals surface area contributed by atoms with Gasteiger partial charge in [0.1, 0.15) is 12.4 Å². The van der Waals surface area contributed by atoms with Gasteiger partial charge in [-0.15, -0.1) is 0 Å². The number of amidine groups is 1. The predicted octanol–water partition coefficient (Wildman–Crippen LogP) is 3.43. The monoisotopic (exact) mass is 349 g/mol. The number of hydrogen-bond acceptors (Lipinski definition) is 3. The van der Waals surface area contributed by atoms with Gasteiger partial charge in [0, 0.05) is 25.7 Å². The fourth-order valence-corrected chi connectivity index (χ4v) is 5.32. The predicted molar refractivity (Wildman–Crippen MR) is 99.9 cm³/mol. The third-order valence-electron chi connectivity index (χ3n) is 6.64. The van der Waals surface area contributed by atoms with Crippen LogP contribution in [0.15, 0.2) is 0 Å². The van der Waals surface area contributed by atoms with Crippen molar-refractivity contribution in [3.8, 4) is 0 Å². The van der Waals surface area contributed by atoms with Gasteiger partial charge in [0.15, 0.2) is 0 Å². The molecule has 1 heterocycles. The molecule has 142 valence electrons. The average molecular weight is 350 g/mol. The van der Waals surface area contributed by atoms with Crippen LogP contribution in [0.25, 0.3) is 0 Å². The third kappa shape index (κ3) is 4.18. The number of carbonyl (C=O) groups excluding carboxylic acids is 1. The molecular weight excluding hydrogens is 314 g/mol. The van der Waals surface area contributed by atoms with E-state index in [1.165, 1.54) is 44.9 Å². The Morgan fingerprint density at radius 3 is 2.40 bits per heavy atom. The first kappa shape index (κ1) is 18.7. The highest BCUT2D eigenvalue weighted by molar-refractivity contribution is 5.87. The SMILES string of the molecule is CCOCC(=N)N(CC(=O)N1CCCC1)[C@H]1CCCCC12CCCC2. The van der Waals surface area contributed by atoms with Crippen molar-refractivity contribution >= 4 is 11.7 Å². The summed E-state index contributed by atoms with van der Waals surface area (Å²) in [5.41, 5.74) is 0.335. The maximum absolute atomic E-state index is 12.8. The molecule has 0 aromatic heterocycles. The summed E-state index contributed by atoms with van der Waals surface area (Å²) in [7, 11) is 0. The molecule has 1 aliphatic heterocycles. The summed E-state index contributed by atoms with van der Waals surface area (Å²) in [5.74, 6) is 0.713. The minimum Gasteiger partial charge on any atom is -0.374 e. The van der Waals surface area contributed by atoms with E-state index in [4.69, 9.17) is 10.1 Å². The van der Waals surface area contributed by atoms with Gasteiger partial charge in [-0.2, -0.15) is 0 Å². The molecule has 2 saturated carbocycles. The van der Waals surface area contributed by atoms with Gasteiger partial charge in [0.25, 0.3) is 0 Å². The number of hydrogen-bond donors (Lipinski definition) is 1. The van der Waals surface area contributed by atoms with E-state index in [1.54, 1.807) is 0 Å². The second kappa shape index (κ2) is 8.52. The fourth-order valence-electron chi connectivity index (χ4n) is 5.32. The molecule has 5 nitrogen and oxygen atoms in total. The van der Waals surface area contributed by atoms with E-state index < -0.39 is 0 Å². The van der Waals surface area contributed by atoms with Gasteiger partial charge < -0.3 is 14.5 Å². The van der Waals surface area contributed by atoms with Crippen molar-refractivity contribution in [3.05, 3.63) is 0 Å². The minimum absolute atomic E-state index is 0.206. The maximum Gasteiger partial charge on any atom is 0.242 e. The molecule has 3 fully saturated rings. The molecule has 0 unspecified atom stereocenters. The van der Waals surface area contributed by atoms with E-state index in [0.717, 1.165) is 32.4 Å². The Kier molecular flexibility index (Phi) is 6.37. The molecule has 1 spiro atoms. The van der Waals surface area contributed by atoms with Crippen LogP contribution in [0.1, 0.15) is 71.1 Å². The van der Waals surface area contributed by atoms with E-state index >= 15 is 0 Å². The Hall–Kier alpha value is -1.10. The lowest BCUT2D eigenvalue weighted by atomic mass is 9.68. The lowest BCUT2D eigenvalue weighted by Gasteiger charge is -2.48. The number of rotatable bonds is 6. The van der Waals surface area contributed by atoms with Gasteiger partial charge in [-0.3, -0.25) is 10.2 Å². The molecule has 1 atom stereocenters. The van der Waals surface area contributed by atoms with E-state index in [2.05, 4.69) is 4.90 Å². The molecule has 0 aromatic carbocycles. The zero-order valence-corrected chi connectivity index (χ0v) is 15.9. The van der Waals surface area contributed by atoms with Crippen LogP contribution in [0.3, 0.4) is 0 Å². The van der Waals surface area contributed by atoms with Crippen LogP contribution in [0.2, 0.25) is 0 Å². The van der Waals surface area contributed by atoms with Gasteiger partial charge in [-0.1, -0.05) is 25.7 Å². The van der Waals surface area contributed by atoms with Crippen molar-refractivity contribution in [1.82, 2.24) is 9.80 Å². The van der Waals surface area contributed by atoms with E-state index in [-0.39, 0.29) is 5.91 Å². The largest absolute Gasteiger partial charge is 0.374 e. The van der Waals surface area contributed by atoms with Gasteiger partial charge in [0.05, 0.1) is 6.54 Å². The molecular formula is C20H35N3O2. The number of nitrogens with one attached hydrogen (secondary N) is 1. The van der Waals surface area contributed by atoms with Crippen molar-refractivity contribution in [3.63, 3.8) is 0 Å². The van der Waals surface area contributed by atoms with Crippen LogP contribution in [-0.2, 0) is 9.53 Å². The normalized spacial score (nSPS) is 25.5. The lowest BCUT2D eigenvalue weighted by Crippen LogP contribution is -2.55. The Balaban J connectivity index is 1.76. The smallest absolute Gasteiger partial charge is 0.242 e. The van der Waals surface area contributed by atoms with Crippen LogP contribution >= 0.6 is 0 Å². The molecule has 0 radical (unpaired) electrons. The Morgan fingerprint density at radius 2 is 1.76 bits per heavy atom. The number of amides is 1. The first-order valence-electron chi connectivity index (χ1n) is 10.4. The van der Waals surface area contributed by atoms with Gasteiger partial charge in [-0.25, -0.2) is 0 Å². The highest BCUT2D eigenvalue weighted by atomic mass is 16.5. The molecule has 0 bridgehead atoms. The van der Waals surface area contributed by atoms with Crippen LogP contribution in [-0.4, -0.2) is 60.4 Å². The Labute approximate surface area is 152 Å². The van der Waals surface area contributed by atoms with Crippen molar-refractivity contribution in [2.24, 2.45) is 5.41 Å². The molecule has 1 N–H and O–H groups in total. The molecule has 25 heavy (non-hydrogen) atoms. The van der Waals surface area contributed by atoms with E-state index in [0.29, 0.717) is 37.1 Å². The average Bonchev–Trinajstić information content (AvgIpc) is 3.31.